The molecule has 2 aromatic heterocycles. The van der Waals surface area contributed by atoms with Gasteiger partial charge in [0.25, 0.3) is 5.91 Å². The molecule has 3 heterocycles. The van der Waals surface area contributed by atoms with E-state index in [0.717, 1.165) is 33.5 Å². The van der Waals surface area contributed by atoms with Crippen LogP contribution in [-0.4, -0.2) is 29.7 Å². The number of allylic oxidation sites excluding steroid dienone is 2. The molecule has 1 unspecified atom stereocenters. The summed E-state index contributed by atoms with van der Waals surface area (Å²) in [6.45, 7) is 4.08. The van der Waals surface area contributed by atoms with Crippen molar-refractivity contribution in [2.45, 2.75) is 32.4 Å². The average molecular weight is 383 g/mol. The quantitative estimate of drug-likeness (QED) is 0.795. The molecule has 0 radical (unpaired) electrons. The Morgan fingerprint density at radius 1 is 1.59 bits per heavy atom. The Labute approximate surface area is 142 Å². The summed E-state index contributed by atoms with van der Waals surface area (Å²) in [6.07, 6.45) is 6.34. The third-order valence-corrected chi connectivity index (χ3v) is 5.40. The summed E-state index contributed by atoms with van der Waals surface area (Å²) >= 11 is 5.16. The van der Waals surface area contributed by atoms with Crippen LogP contribution in [0.3, 0.4) is 0 Å². The van der Waals surface area contributed by atoms with Crippen molar-refractivity contribution in [1.82, 2.24) is 9.88 Å². The molecule has 1 amide bonds. The van der Waals surface area contributed by atoms with E-state index in [2.05, 4.69) is 38.0 Å². The molecule has 22 heavy (non-hydrogen) atoms. The van der Waals surface area contributed by atoms with Crippen LogP contribution in [0.5, 0.6) is 0 Å². The monoisotopic (exact) mass is 382 g/mol. The lowest BCUT2D eigenvalue weighted by Crippen LogP contribution is -2.33. The summed E-state index contributed by atoms with van der Waals surface area (Å²) in [5.74, 6) is -0.0282. The number of aromatic nitrogens is 1. The Kier molecular flexibility index (Phi) is 5.00. The van der Waals surface area contributed by atoms with E-state index in [9.17, 15) is 4.79 Å². The highest BCUT2D eigenvalue weighted by molar-refractivity contribution is 9.11. The minimum atomic E-state index is -0.0282. The summed E-state index contributed by atoms with van der Waals surface area (Å²) in [6, 6.07) is 4.04. The maximum Gasteiger partial charge on any atom is 0.268 e. The number of thiophene rings is 1. The molecule has 0 spiro atoms. The normalized spacial score (nSPS) is 18.5. The van der Waals surface area contributed by atoms with Crippen LogP contribution < -0.4 is 5.32 Å². The van der Waals surface area contributed by atoms with Gasteiger partial charge in [0, 0.05) is 19.7 Å². The Hall–Kier alpha value is -1.11. The van der Waals surface area contributed by atoms with Gasteiger partial charge < -0.3 is 14.6 Å². The number of halogens is 1. The Balaban J connectivity index is 1.81. The third kappa shape index (κ3) is 3.29. The summed E-state index contributed by atoms with van der Waals surface area (Å²) in [4.78, 5) is 12.5. The lowest BCUT2D eigenvalue weighted by atomic mass is 10.2. The van der Waals surface area contributed by atoms with Gasteiger partial charge in [0.2, 0.25) is 0 Å². The number of fused-ring (bicyclic) bond motifs is 1. The summed E-state index contributed by atoms with van der Waals surface area (Å²) < 4.78 is 9.82. The molecule has 0 aromatic carbocycles. The van der Waals surface area contributed by atoms with E-state index in [1.165, 1.54) is 0 Å². The van der Waals surface area contributed by atoms with E-state index in [4.69, 9.17) is 4.74 Å². The van der Waals surface area contributed by atoms with Crippen molar-refractivity contribution in [1.29, 1.82) is 0 Å². The standard InChI is InChI=1S/C16H19BrN2O2S/c1-2-3-6-19-12-9-15(17)22-14(12)8-13(19)16(20)18-10-11-5-4-7-21-11/h2-3,8-9,11H,4-7,10H2,1H3,(H,18,20)/b3-2+. The summed E-state index contributed by atoms with van der Waals surface area (Å²) in [5, 5.41) is 3.01. The molecule has 1 atom stereocenters. The van der Waals surface area contributed by atoms with Gasteiger partial charge in [-0.25, -0.2) is 0 Å². The number of carbonyl (C=O) groups excluding carboxylic acids is 1. The average Bonchev–Trinajstić information content (AvgIpc) is 3.19. The number of carbonyl (C=O) groups is 1. The van der Waals surface area contributed by atoms with E-state index < -0.39 is 0 Å². The maximum atomic E-state index is 12.5. The highest BCUT2D eigenvalue weighted by Crippen LogP contribution is 2.32. The molecule has 6 heteroatoms. The molecule has 118 valence electrons. The fourth-order valence-corrected chi connectivity index (χ4v) is 4.27. The van der Waals surface area contributed by atoms with Crippen molar-refractivity contribution < 1.29 is 9.53 Å². The fraction of sp³-hybridized carbons (Fsp3) is 0.438. The Bertz CT molecular complexity index is 698. The molecule has 1 saturated heterocycles. The molecular weight excluding hydrogens is 364 g/mol. The minimum absolute atomic E-state index is 0.0282. The van der Waals surface area contributed by atoms with Gasteiger partial charge in [0.05, 0.1) is 20.1 Å². The molecule has 1 fully saturated rings. The molecule has 1 N–H and O–H groups in total. The van der Waals surface area contributed by atoms with E-state index in [1.807, 2.05) is 19.1 Å². The van der Waals surface area contributed by atoms with Gasteiger partial charge in [-0.05, 0) is 47.8 Å². The second kappa shape index (κ2) is 6.98. The van der Waals surface area contributed by atoms with Crippen LogP contribution in [-0.2, 0) is 11.3 Å². The van der Waals surface area contributed by atoms with Gasteiger partial charge in [-0.15, -0.1) is 11.3 Å². The van der Waals surface area contributed by atoms with Crippen LogP contribution in [0, 0.1) is 0 Å². The molecule has 2 aromatic rings. The summed E-state index contributed by atoms with van der Waals surface area (Å²) in [5.41, 5.74) is 1.81. The van der Waals surface area contributed by atoms with Crippen LogP contribution in [0.25, 0.3) is 10.2 Å². The molecule has 3 rings (SSSR count). The number of nitrogens with one attached hydrogen (secondary N) is 1. The largest absolute Gasteiger partial charge is 0.376 e. The van der Waals surface area contributed by atoms with Crippen LogP contribution in [0.4, 0.5) is 0 Å². The highest BCUT2D eigenvalue weighted by atomic mass is 79.9. The van der Waals surface area contributed by atoms with Crippen molar-refractivity contribution >= 4 is 43.4 Å². The summed E-state index contributed by atoms with van der Waals surface area (Å²) in [7, 11) is 0. The molecule has 0 aliphatic carbocycles. The first-order valence-corrected chi connectivity index (χ1v) is 9.09. The first kappa shape index (κ1) is 15.8. The van der Waals surface area contributed by atoms with Gasteiger partial charge >= 0.3 is 0 Å². The molecule has 0 bridgehead atoms. The molecular formula is C16H19BrN2O2S. The molecule has 1 aliphatic rings. The predicted molar refractivity (Wildman–Crippen MR) is 93.6 cm³/mol. The number of hydrogen-bond acceptors (Lipinski definition) is 3. The topological polar surface area (TPSA) is 43.3 Å². The highest BCUT2D eigenvalue weighted by Gasteiger charge is 2.20. The zero-order chi connectivity index (χ0) is 15.5. The predicted octanol–water partition coefficient (Wildman–Crippen LogP) is 3.95. The van der Waals surface area contributed by atoms with Crippen molar-refractivity contribution in [2.75, 3.05) is 13.2 Å². The van der Waals surface area contributed by atoms with Crippen molar-refractivity contribution in [3.63, 3.8) is 0 Å². The van der Waals surface area contributed by atoms with Crippen molar-refractivity contribution in [3.05, 3.63) is 33.8 Å². The van der Waals surface area contributed by atoms with Crippen LogP contribution >= 0.6 is 27.3 Å². The van der Waals surface area contributed by atoms with Gasteiger partial charge in [-0.3, -0.25) is 4.79 Å². The second-order valence-electron chi connectivity index (χ2n) is 5.35. The van der Waals surface area contributed by atoms with E-state index in [1.54, 1.807) is 11.3 Å². The van der Waals surface area contributed by atoms with Crippen molar-refractivity contribution in [3.8, 4) is 0 Å². The minimum Gasteiger partial charge on any atom is -0.376 e. The number of rotatable bonds is 5. The van der Waals surface area contributed by atoms with E-state index >= 15 is 0 Å². The zero-order valence-electron chi connectivity index (χ0n) is 12.5. The Morgan fingerprint density at radius 3 is 3.18 bits per heavy atom. The number of nitrogens with zero attached hydrogens (tertiary/aromatic N) is 1. The number of ether oxygens (including phenoxy) is 1. The van der Waals surface area contributed by atoms with Gasteiger partial charge in [-0.2, -0.15) is 0 Å². The lowest BCUT2D eigenvalue weighted by Gasteiger charge is -2.12. The zero-order valence-corrected chi connectivity index (χ0v) is 14.9. The molecule has 1 aliphatic heterocycles. The smallest absolute Gasteiger partial charge is 0.268 e. The first-order chi connectivity index (χ1) is 10.7. The van der Waals surface area contributed by atoms with Crippen molar-refractivity contribution in [2.24, 2.45) is 0 Å². The maximum absolute atomic E-state index is 12.5. The van der Waals surface area contributed by atoms with Gasteiger partial charge in [0.1, 0.15) is 5.69 Å². The molecule has 4 nitrogen and oxygen atoms in total. The number of amides is 1. The lowest BCUT2D eigenvalue weighted by molar-refractivity contribution is 0.0851. The third-order valence-electron chi connectivity index (χ3n) is 3.83. The van der Waals surface area contributed by atoms with Crippen LogP contribution in [0.2, 0.25) is 0 Å². The first-order valence-electron chi connectivity index (χ1n) is 7.48. The fourth-order valence-electron chi connectivity index (χ4n) is 2.71. The van der Waals surface area contributed by atoms with E-state index in [-0.39, 0.29) is 12.0 Å². The number of hydrogen-bond donors (Lipinski definition) is 1. The second-order valence-corrected chi connectivity index (χ2v) is 7.82. The molecule has 0 saturated carbocycles. The van der Waals surface area contributed by atoms with Crippen LogP contribution in [0.15, 0.2) is 28.1 Å². The Morgan fingerprint density at radius 2 is 2.45 bits per heavy atom. The van der Waals surface area contributed by atoms with Gasteiger partial charge in [0.15, 0.2) is 0 Å². The van der Waals surface area contributed by atoms with E-state index in [0.29, 0.717) is 18.8 Å². The SMILES string of the molecule is C/C=C/Cn1c(C(=O)NCC2CCCO2)cc2sc(Br)cc21. The van der Waals surface area contributed by atoms with Gasteiger partial charge in [-0.1, -0.05) is 12.2 Å². The van der Waals surface area contributed by atoms with Crippen LogP contribution in [0.1, 0.15) is 30.3 Å².